The van der Waals surface area contributed by atoms with Crippen LogP contribution in [0.1, 0.15) is 26.2 Å². The summed E-state index contributed by atoms with van der Waals surface area (Å²) in [5.41, 5.74) is -0.966. The molecule has 12 heavy (non-hydrogen) atoms. The minimum absolute atomic E-state index is 0.0556. The number of Topliss-reactive ketones (excluding diaryl/α,β-unsaturated/α-hetero) is 1. The van der Waals surface area contributed by atoms with Crippen LogP contribution < -0.4 is 0 Å². The third-order valence-electron chi connectivity index (χ3n) is 2.53. The molecule has 0 bridgehead atoms. The molecule has 0 amide bonds. The molecule has 1 saturated carbocycles. The van der Waals surface area contributed by atoms with Gasteiger partial charge in [-0.15, -0.1) is 0 Å². The first-order chi connectivity index (χ1) is 5.62. The van der Waals surface area contributed by atoms with Gasteiger partial charge in [0.25, 0.3) is 0 Å². The van der Waals surface area contributed by atoms with Crippen LogP contribution >= 0.6 is 0 Å². The van der Waals surface area contributed by atoms with Gasteiger partial charge in [-0.3, -0.25) is 4.79 Å². The highest BCUT2D eigenvalue weighted by atomic mass is 16.1. The normalized spacial score (nSPS) is 23.2. The minimum atomic E-state index is -0.966. The van der Waals surface area contributed by atoms with Gasteiger partial charge in [0.05, 0.1) is 12.1 Å². The molecule has 0 aliphatic heterocycles. The third kappa shape index (κ3) is 1.31. The van der Waals surface area contributed by atoms with Gasteiger partial charge in [-0.1, -0.05) is 0 Å². The van der Waals surface area contributed by atoms with Crippen molar-refractivity contribution in [2.24, 2.45) is 11.3 Å². The number of hydrogen-bond acceptors (Lipinski definition) is 3. The van der Waals surface area contributed by atoms with Gasteiger partial charge in [0.1, 0.15) is 11.2 Å². The zero-order chi connectivity index (χ0) is 9.19. The van der Waals surface area contributed by atoms with Crippen molar-refractivity contribution >= 4 is 5.78 Å². The number of hydrogen-bond donors (Lipinski definition) is 0. The fourth-order valence-electron chi connectivity index (χ4n) is 1.51. The molecule has 1 atom stereocenters. The van der Waals surface area contributed by atoms with Gasteiger partial charge in [0, 0.05) is 12.8 Å². The highest BCUT2D eigenvalue weighted by Crippen LogP contribution is 2.37. The average molecular weight is 162 g/mol. The van der Waals surface area contributed by atoms with E-state index in [1.807, 2.05) is 12.1 Å². The van der Waals surface area contributed by atoms with Crippen molar-refractivity contribution in [1.29, 1.82) is 10.5 Å². The Morgan fingerprint density at radius 1 is 1.50 bits per heavy atom. The monoisotopic (exact) mass is 162 g/mol. The van der Waals surface area contributed by atoms with Gasteiger partial charge < -0.3 is 0 Å². The van der Waals surface area contributed by atoms with Gasteiger partial charge >= 0.3 is 0 Å². The Kier molecular flexibility index (Phi) is 2.15. The summed E-state index contributed by atoms with van der Waals surface area (Å²) in [6.45, 7) is 1.61. The van der Waals surface area contributed by atoms with E-state index < -0.39 is 5.41 Å². The van der Waals surface area contributed by atoms with Gasteiger partial charge in [0.2, 0.25) is 0 Å². The van der Waals surface area contributed by atoms with Crippen molar-refractivity contribution in [3.63, 3.8) is 0 Å². The zero-order valence-electron chi connectivity index (χ0n) is 7.00. The number of nitrogens with zero attached hydrogens (tertiary/aromatic N) is 2. The largest absolute Gasteiger partial charge is 0.300 e. The highest BCUT2D eigenvalue weighted by molar-refractivity contribution is 5.80. The fraction of sp³-hybridized carbons (Fsp3) is 0.667. The van der Waals surface area contributed by atoms with Crippen LogP contribution in [0.2, 0.25) is 0 Å². The standard InChI is InChI=1S/C9H10N2O/c1-9(5-10,6-11)7-2-3-8(12)4-7/h7H,2-4H2,1H3. The molecule has 0 heterocycles. The van der Waals surface area contributed by atoms with Crippen molar-refractivity contribution in [2.45, 2.75) is 26.2 Å². The van der Waals surface area contributed by atoms with E-state index in [-0.39, 0.29) is 11.7 Å². The first-order valence-electron chi connectivity index (χ1n) is 3.96. The Bertz CT molecular complexity index is 268. The van der Waals surface area contributed by atoms with E-state index in [0.29, 0.717) is 19.3 Å². The maximum atomic E-state index is 10.9. The Hall–Kier alpha value is -1.35. The maximum Gasteiger partial charge on any atom is 0.144 e. The first kappa shape index (κ1) is 8.74. The maximum absolute atomic E-state index is 10.9. The van der Waals surface area contributed by atoms with E-state index in [0.717, 1.165) is 0 Å². The molecular weight excluding hydrogens is 152 g/mol. The topological polar surface area (TPSA) is 64.7 Å². The van der Waals surface area contributed by atoms with Gasteiger partial charge in [-0.2, -0.15) is 10.5 Å². The van der Waals surface area contributed by atoms with E-state index in [9.17, 15) is 4.79 Å². The molecule has 1 aliphatic rings. The van der Waals surface area contributed by atoms with Gasteiger partial charge in [0.15, 0.2) is 0 Å². The lowest BCUT2D eigenvalue weighted by Gasteiger charge is -2.18. The minimum Gasteiger partial charge on any atom is -0.300 e. The molecule has 0 N–H and O–H groups in total. The van der Waals surface area contributed by atoms with Crippen molar-refractivity contribution in [2.75, 3.05) is 0 Å². The van der Waals surface area contributed by atoms with Crippen LogP contribution in [-0.2, 0) is 4.79 Å². The molecule has 1 fully saturated rings. The summed E-state index contributed by atoms with van der Waals surface area (Å²) in [4.78, 5) is 10.9. The molecule has 0 spiro atoms. The molecule has 0 aromatic rings. The van der Waals surface area contributed by atoms with Crippen molar-refractivity contribution < 1.29 is 4.79 Å². The molecule has 1 rings (SSSR count). The summed E-state index contributed by atoms with van der Waals surface area (Å²) in [7, 11) is 0. The van der Waals surface area contributed by atoms with Gasteiger partial charge in [-0.05, 0) is 19.3 Å². The molecule has 0 aromatic heterocycles. The Labute approximate surface area is 71.6 Å². The van der Waals surface area contributed by atoms with Crippen molar-refractivity contribution in [1.82, 2.24) is 0 Å². The number of rotatable bonds is 1. The summed E-state index contributed by atoms with van der Waals surface area (Å²) in [5.74, 6) is 0.122. The molecule has 62 valence electrons. The van der Waals surface area contributed by atoms with E-state index in [2.05, 4.69) is 0 Å². The molecule has 1 aliphatic carbocycles. The van der Waals surface area contributed by atoms with Crippen LogP contribution in [-0.4, -0.2) is 5.78 Å². The van der Waals surface area contributed by atoms with Crippen LogP contribution in [0.5, 0.6) is 0 Å². The van der Waals surface area contributed by atoms with Crippen molar-refractivity contribution in [3.05, 3.63) is 0 Å². The Morgan fingerprint density at radius 3 is 2.42 bits per heavy atom. The van der Waals surface area contributed by atoms with Crippen LogP contribution in [0, 0.1) is 34.0 Å². The number of carbonyl (C=O) groups is 1. The quantitative estimate of drug-likeness (QED) is 0.585. The van der Waals surface area contributed by atoms with Crippen LogP contribution in [0.4, 0.5) is 0 Å². The number of nitriles is 2. The predicted octanol–water partition coefficient (Wildman–Crippen LogP) is 1.41. The number of carbonyl (C=O) groups excluding carboxylic acids is 1. The molecular formula is C9H10N2O. The molecule has 0 aromatic carbocycles. The fourth-order valence-corrected chi connectivity index (χ4v) is 1.51. The van der Waals surface area contributed by atoms with E-state index in [1.54, 1.807) is 6.92 Å². The van der Waals surface area contributed by atoms with Crippen LogP contribution in [0.25, 0.3) is 0 Å². The smallest absolute Gasteiger partial charge is 0.144 e. The highest BCUT2D eigenvalue weighted by Gasteiger charge is 2.39. The summed E-state index contributed by atoms with van der Waals surface area (Å²) >= 11 is 0. The second-order valence-corrected chi connectivity index (χ2v) is 3.40. The summed E-state index contributed by atoms with van der Waals surface area (Å²) < 4.78 is 0. The van der Waals surface area contributed by atoms with E-state index in [1.165, 1.54) is 0 Å². The lowest BCUT2D eigenvalue weighted by molar-refractivity contribution is -0.117. The van der Waals surface area contributed by atoms with E-state index >= 15 is 0 Å². The van der Waals surface area contributed by atoms with Gasteiger partial charge in [-0.25, -0.2) is 0 Å². The predicted molar refractivity (Wildman–Crippen MR) is 41.7 cm³/mol. The SMILES string of the molecule is CC(C#N)(C#N)C1CCC(=O)C1. The molecule has 3 nitrogen and oxygen atoms in total. The number of ketones is 1. The zero-order valence-corrected chi connectivity index (χ0v) is 7.00. The Balaban J connectivity index is 2.78. The second-order valence-electron chi connectivity index (χ2n) is 3.40. The summed E-state index contributed by atoms with van der Waals surface area (Å²) in [6.07, 6.45) is 1.62. The summed E-state index contributed by atoms with van der Waals surface area (Å²) in [5, 5.41) is 17.5. The molecule has 1 unspecified atom stereocenters. The lowest BCUT2D eigenvalue weighted by Crippen LogP contribution is -2.21. The summed E-state index contributed by atoms with van der Waals surface area (Å²) in [6, 6.07) is 3.95. The second kappa shape index (κ2) is 2.95. The molecule has 0 radical (unpaired) electrons. The third-order valence-corrected chi connectivity index (χ3v) is 2.53. The first-order valence-corrected chi connectivity index (χ1v) is 3.96. The van der Waals surface area contributed by atoms with Crippen molar-refractivity contribution in [3.8, 4) is 12.1 Å². The average Bonchev–Trinajstić information content (AvgIpc) is 2.51. The van der Waals surface area contributed by atoms with Crippen LogP contribution in [0.3, 0.4) is 0 Å². The Morgan fingerprint density at radius 2 is 2.08 bits per heavy atom. The lowest BCUT2D eigenvalue weighted by atomic mass is 9.79. The van der Waals surface area contributed by atoms with Crippen LogP contribution in [0.15, 0.2) is 0 Å². The molecule has 0 saturated heterocycles. The molecule has 3 heteroatoms. The van der Waals surface area contributed by atoms with E-state index in [4.69, 9.17) is 10.5 Å².